The number of halogens is 3. The van der Waals surface area contributed by atoms with Gasteiger partial charge in [-0.2, -0.15) is 0 Å². The van der Waals surface area contributed by atoms with Crippen molar-refractivity contribution in [1.82, 2.24) is 5.43 Å². The lowest BCUT2D eigenvalue weighted by atomic mass is 10.1. The number of rotatable bonds is 4. The summed E-state index contributed by atoms with van der Waals surface area (Å²) in [4.78, 5) is 11.4. The molecule has 7 heteroatoms. The van der Waals surface area contributed by atoms with E-state index in [2.05, 4.69) is 21.4 Å². The van der Waals surface area contributed by atoms with Crippen LogP contribution in [0.5, 0.6) is 5.75 Å². The molecule has 2 aromatic carbocycles. The maximum absolute atomic E-state index is 11.4. The maximum Gasteiger partial charge on any atom is 0.265 e. The predicted octanol–water partition coefficient (Wildman–Crippen LogP) is 3.94. The SMILES string of the molecule is NNC(=O)c1ccc(COc2ccc(Cl)cc2Cl)c(Br)c1. The summed E-state index contributed by atoms with van der Waals surface area (Å²) in [6.45, 7) is 0.298. The fourth-order valence-corrected chi connectivity index (χ4v) is 2.59. The summed E-state index contributed by atoms with van der Waals surface area (Å²) in [5.74, 6) is 5.27. The largest absolute Gasteiger partial charge is 0.487 e. The number of benzene rings is 2. The third kappa shape index (κ3) is 4.11. The molecule has 0 aliphatic rings. The van der Waals surface area contributed by atoms with Gasteiger partial charge in [0, 0.05) is 20.6 Å². The molecule has 0 saturated heterocycles. The van der Waals surface area contributed by atoms with Crippen LogP contribution in [0, 0.1) is 0 Å². The van der Waals surface area contributed by atoms with E-state index in [1.807, 2.05) is 0 Å². The number of hydrogen-bond acceptors (Lipinski definition) is 3. The highest BCUT2D eigenvalue weighted by Crippen LogP contribution is 2.29. The van der Waals surface area contributed by atoms with Crippen LogP contribution in [0.4, 0.5) is 0 Å². The molecule has 2 rings (SSSR count). The zero-order chi connectivity index (χ0) is 15.4. The first-order chi connectivity index (χ1) is 10.0. The Kier molecular flexibility index (Phi) is 5.47. The van der Waals surface area contributed by atoms with Crippen molar-refractivity contribution in [2.75, 3.05) is 0 Å². The molecule has 0 aliphatic heterocycles. The topological polar surface area (TPSA) is 64.3 Å². The van der Waals surface area contributed by atoms with Gasteiger partial charge >= 0.3 is 0 Å². The molecule has 0 fully saturated rings. The quantitative estimate of drug-likeness (QED) is 0.473. The molecule has 4 nitrogen and oxygen atoms in total. The van der Waals surface area contributed by atoms with Crippen molar-refractivity contribution in [2.24, 2.45) is 5.84 Å². The van der Waals surface area contributed by atoms with Crippen molar-refractivity contribution in [3.05, 3.63) is 62.0 Å². The summed E-state index contributed by atoms with van der Waals surface area (Å²) in [5.41, 5.74) is 3.40. The molecule has 0 spiro atoms. The lowest BCUT2D eigenvalue weighted by Gasteiger charge is -2.10. The number of hydrogen-bond donors (Lipinski definition) is 2. The normalized spacial score (nSPS) is 10.3. The predicted molar refractivity (Wildman–Crippen MR) is 86.6 cm³/mol. The highest BCUT2D eigenvalue weighted by atomic mass is 79.9. The zero-order valence-electron chi connectivity index (χ0n) is 10.7. The van der Waals surface area contributed by atoms with Crippen LogP contribution >= 0.6 is 39.1 Å². The summed E-state index contributed by atoms with van der Waals surface area (Å²) in [5, 5.41) is 0.989. The Balaban J connectivity index is 2.11. The average molecular weight is 390 g/mol. The second kappa shape index (κ2) is 7.13. The fraction of sp³-hybridized carbons (Fsp3) is 0.0714. The molecule has 1 amide bonds. The molecule has 0 aromatic heterocycles. The molecule has 0 atom stereocenters. The zero-order valence-corrected chi connectivity index (χ0v) is 13.8. The van der Waals surface area contributed by atoms with Crippen molar-refractivity contribution in [1.29, 1.82) is 0 Å². The fourth-order valence-electron chi connectivity index (χ4n) is 1.64. The standard InChI is InChI=1S/C14H11BrCl2N2O2/c15-11-5-8(14(20)19-18)1-2-9(11)7-21-13-4-3-10(16)6-12(13)17/h1-6H,7,18H2,(H,19,20). The van der Waals surface area contributed by atoms with E-state index in [1.54, 1.807) is 36.4 Å². The molecule has 21 heavy (non-hydrogen) atoms. The van der Waals surface area contributed by atoms with Gasteiger partial charge in [0.1, 0.15) is 12.4 Å². The van der Waals surface area contributed by atoms with E-state index in [-0.39, 0.29) is 5.91 Å². The van der Waals surface area contributed by atoms with Gasteiger partial charge in [-0.1, -0.05) is 45.2 Å². The molecule has 0 aliphatic carbocycles. The number of nitrogens with one attached hydrogen (secondary N) is 1. The van der Waals surface area contributed by atoms with Gasteiger partial charge < -0.3 is 4.74 Å². The van der Waals surface area contributed by atoms with E-state index < -0.39 is 0 Å². The number of nitrogens with two attached hydrogens (primary N) is 1. The molecule has 0 unspecified atom stereocenters. The van der Waals surface area contributed by atoms with Crippen LogP contribution in [0.1, 0.15) is 15.9 Å². The summed E-state index contributed by atoms with van der Waals surface area (Å²) < 4.78 is 6.38. The highest BCUT2D eigenvalue weighted by molar-refractivity contribution is 9.10. The average Bonchev–Trinajstić information content (AvgIpc) is 2.46. The highest BCUT2D eigenvalue weighted by Gasteiger charge is 2.09. The van der Waals surface area contributed by atoms with Gasteiger partial charge in [-0.05, 0) is 30.3 Å². The molecule has 110 valence electrons. The Labute approximate surface area is 140 Å². The van der Waals surface area contributed by atoms with Crippen LogP contribution in [0.25, 0.3) is 0 Å². The van der Waals surface area contributed by atoms with Crippen molar-refractivity contribution in [3.8, 4) is 5.75 Å². The lowest BCUT2D eigenvalue weighted by molar-refractivity contribution is 0.0953. The van der Waals surface area contributed by atoms with Gasteiger partial charge in [-0.25, -0.2) is 5.84 Å². The lowest BCUT2D eigenvalue weighted by Crippen LogP contribution is -2.29. The van der Waals surface area contributed by atoms with Gasteiger partial charge in [0.05, 0.1) is 5.02 Å². The van der Waals surface area contributed by atoms with Crippen LogP contribution < -0.4 is 16.0 Å². The van der Waals surface area contributed by atoms with Crippen LogP contribution in [-0.2, 0) is 6.61 Å². The molecule has 2 aromatic rings. The Hall–Kier alpha value is -1.27. The molecular formula is C14H11BrCl2N2O2. The van der Waals surface area contributed by atoms with E-state index >= 15 is 0 Å². The molecule has 0 radical (unpaired) electrons. The van der Waals surface area contributed by atoms with Gasteiger partial charge in [-0.3, -0.25) is 10.2 Å². The Morgan fingerprint density at radius 3 is 2.62 bits per heavy atom. The van der Waals surface area contributed by atoms with Crippen molar-refractivity contribution in [2.45, 2.75) is 6.61 Å². The Morgan fingerprint density at radius 2 is 2.00 bits per heavy atom. The van der Waals surface area contributed by atoms with E-state index in [1.165, 1.54) is 0 Å². The van der Waals surface area contributed by atoms with Crippen molar-refractivity contribution >= 4 is 45.0 Å². The van der Waals surface area contributed by atoms with Gasteiger partial charge in [0.2, 0.25) is 0 Å². The maximum atomic E-state index is 11.4. The monoisotopic (exact) mass is 388 g/mol. The van der Waals surface area contributed by atoms with E-state index in [0.29, 0.717) is 28.0 Å². The minimum Gasteiger partial charge on any atom is -0.487 e. The number of hydrazine groups is 1. The second-order valence-electron chi connectivity index (χ2n) is 4.14. The number of nitrogen functional groups attached to an aromatic ring is 1. The molecule has 0 heterocycles. The summed E-state index contributed by atoms with van der Waals surface area (Å²) in [6.07, 6.45) is 0. The molecule has 3 N–H and O–H groups in total. The van der Waals surface area contributed by atoms with Gasteiger partial charge in [-0.15, -0.1) is 0 Å². The summed E-state index contributed by atoms with van der Waals surface area (Å²) in [6, 6.07) is 10.1. The van der Waals surface area contributed by atoms with E-state index in [4.69, 9.17) is 33.8 Å². The Morgan fingerprint density at radius 1 is 1.24 bits per heavy atom. The van der Waals surface area contributed by atoms with Crippen LogP contribution in [0.3, 0.4) is 0 Å². The first-order valence-corrected chi connectivity index (χ1v) is 7.43. The number of carbonyl (C=O) groups excluding carboxylic acids is 1. The van der Waals surface area contributed by atoms with Crippen LogP contribution in [0.2, 0.25) is 10.0 Å². The molecule has 0 saturated carbocycles. The minimum atomic E-state index is -0.357. The first kappa shape index (κ1) is 16.1. The van der Waals surface area contributed by atoms with Crippen molar-refractivity contribution < 1.29 is 9.53 Å². The first-order valence-electron chi connectivity index (χ1n) is 5.88. The second-order valence-corrected chi connectivity index (χ2v) is 5.84. The van der Waals surface area contributed by atoms with Gasteiger partial charge in [0.15, 0.2) is 0 Å². The smallest absolute Gasteiger partial charge is 0.265 e. The third-order valence-electron chi connectivity index (χ3n) is 2.72. The minimum absolute atomic E-state index is 0.298. The van der Waals surface area contributed by atoms with E-state index in [9.17, 15) is 4.79 Å². The van der Waals surface area contributed by atoms with Crippen molar-refractivity contribution in [3.63, 3.8) is 0 Å². The number of ether oxygens (including phenoxy) is 1. The van der Waals surface area contributed by atoms with E-state index in [0.717, 1.165) is 10.0 Å². The van der Waals surface area contributed by atoms with Crippen LogP contribution in [0.15, 0.2) is 40.9 Å². The molecular weight excluding hydrogens is 379 g/mol. The Bertz CT molecular complexity index is 680. The van der Waals surface area contributed by atoms with Crippen LogP contribution in [-0.4, -0.2) is 5.91 Å². The summed E-state index contributed by atoms with van der Waals surface area (Å²) in [7, 11) is 0. The number of carbonyl (C=O) groups is 1. The summed E-state index contributed by atoms with van der Waals surface area (Å²) >= 11 is 15.3. The molecule has 0 bridgehead atoms. The third-order valence-corrected chi connectivity index (χ3v) is 3.99. The van der Waals surface area contributed by atoms with Gasteiger partial charge in [0.25, 0.3) is 5.91 Å². The number of amides is 1.